The number of aromatic nitrogens is 2. The second-order valence-corrected chi connectivity index (χ2v) is 6.59. The minimum Gasteiger partial charge on any atom is -0.311 e. The van der Waals surface area contributed by atoms with Gasteiger partial charge in [-0.25, -0.2) is 0 Å². The zero-order valence-corrected chi connectivity index (χ0v) is 14.1. The van der Waals surface area contributed by atoms with Crippen LogP contribution in [0.15, 0.2) is 0 Å². The first kappa shape index (κ1) is 17.6. The van der Waals surface area contributed by atoms with Crippen molar-refractivity contribution in [3.8, 4) is 0 Å². The molecule has 0 amide bonds. The fourth-order valence-corrected chi connectivity index (χ4v) is 3.14. The summed E-state index contributed by atoms with van der Waals surface area (Å²) in [4.78, 5) is 0. The van der Waals surface area contributed by atoms with Crippen molar-refractivity contribution < 1.29 is 0 Å². The molecule has 3 nitrogen and oxygen atoms in total. The van der Waals surface area contributed by atoms with Gasteiger partial charge in [-0.05, 0) is 13.0 Å². The minimum absolute atomic E-state index is 0.867. The van der Waals surface area contributed by atoms with Crippen molar-refractivity contribution in [2.24, 2.45) is 0 Å². The van der Waals surface area contributed by atoms with Crippen molar-refractivity contribution in [3.63, 3.8) is 0 Å². The van der Waals surface area contributed by atoms with Crippen molar-refractivity contribution in [1.82, 2.24) is 15.5 Å². The van der Waals surface area contributed by atoms with Crippen LogP contribution in [0.5, 0.6) is 0 Å². The molecule has 0 aliphatic rings. The number of hydrogen-bond donors (Lipinski definition) is 1. The van der Waals surface area contributed by atoms with Crippen LogP contribution in [0.1, 0.15) is 81.7 Å². The molecule has 1 rings (SSSR count). The topological polar surface area (TPSA) is 37.8 Å². The second-order valence-electron chi connectivity index (χ2n) is 5.45. The fourth-order valence-electron chi connectivity index (χ4n) is 2.28. The number of nitrogens with zero attached hydrogens (tertiary/aromatic N) is 2. The molecule has 0 aliphatic carbocycles. The molecule has 0 radical (unpaired) electrons. The van der Waals surface area contributed by atoms with Crippen LogP contribution in [0.25, 0.3) is 0 Å². The van der Waals surface area contributed by atoms with E-state index in [1.807, 2.05) is 0 Å². The molecule has 116 valence electrons. The molecule has 1 aromatic heterocycles. The normalized spacial score (nSPS) is 11.1. The maximum absolute atomic E-state index is 4.27. The van der Waals surface area contributed by atoms with Gasteiger partial charge in [-0.3, -0.25) is 0 Å². The van der Waals surface area contributed by atoms with Crippen LogP contribution in [-0.4, -0.2) is 16.7 Å². The molecule has 0 spiro atoms. The molecule has 1 N–H and O–H groups in total. The molecule has 0 atom stereocenters. The Morgan fingerprint density at radius 2 is 1.40 bits per heavy atom. The lowest BCUT2D eigenvalue weighted by molar-refractivity contribution is 0.564. The number of rotatable bonds is 13. The first-order valence-electron chi connectivity index (χ1n) is 8.38. The van der Waals surface area contributed by atoms with Crippen LogP contribution in [-0.2, 0) is 13.0 Å². The number of hydrogen-bond acceptors (Lipinski definition) is 4. The van der Waals surface area contributed by atoms with Gasteiger partial charge in [-0.15, -0.1) is 21.5 Å². The predicted octanol–water partition coefficient (Wildman–Crippen LogP) is 4.72. The third kappa shape index (κ3) is 8.64. The van der Waals surface area contributed by atoms with E-state index in [1.54, 1.807) is 11.3 Å². The molecule has 1 heterocycles. The van der Waals surface area contributed by atoms with Crippen molar-refractivity contribution in [1.29, 1.82) is 0 Å². The minimum atomic E-state index is 0.867. The molecular weight excluding hydrogens is 266 g/mol. The number of aryl methyl sites for hydroxylation is 1. The molecule has 0 aliphatic heterocycles. The average molecular weight is 298 g/mol. The van der Waals surface area contributed by atoms with Gasteiger partial charge < -0.3 is 5.32 Å². The molecule has 0 saturated heterocycles. The lowest BCUT2D eigenvalue weighted by atomic mass is 10.1. The number of nitrogens with one attached hydrogen (secondary N) is 1. The van der Waals surface area contributed by atoms with Crippen molar-refractivity contribution >= 4 is 11.3 Å². The van der Waals surface area contributed by atoms with Crippen LogP contribution in [0.2, 0.25) is 0 Å². The van der Waals surface area contributed by atoms with Gasteiger partial charge in [0.05, 0.1) is 0 Å². The van der Waals surface area contributed by atoms with Crippen LogP contribution >= 0.6 is 11.3 Å². The summed E-state index contributed by atoms with van der Waals surface area (Å²) in [5, 5.41) is 14.1. The molecule has 1 aromatic rings. The second kappa shape index (κ2) is 12.3. The van der Waals surface area contributed by atoms with Gasteiger partial charge in [0.15, 0.2) is 0 Å². The van der Waals surface area contributed by atoms with E-state index >= 15 is 0 Å². The first-order valence-corrected chi connectivity index (χ1v) is 9.20. The highest BCUT2D eigenvalue weighted by molar-refractivity contribution is 7.11. The summed E-state index contributed by atoms with van der Waals surface area (Å²) in [6.07, 6.45) is 13.5. The van der Waals surface area contributed by atoms with Crippen LogP contribution in [0, 0.1) is 0 Å². The average Bonchev–Trinajstić information content (AvgIpc) is 2.91. The molecule has 4 heteroatoms. The van der Waals surface area contributed by atoms with E-state index in [0.29, 0.717) is 0 Å². The Kier molecular flexibility index (Phi) is 10.8. The quantitative estimate of drug-likeness (QED) is 0.535. The molecule has 0 aromatic carbocycles. The highest BCUT2D eigenvalue weighted by atomic mass is 32.1. The maximum atomic E-state index is 4.27. The number of unbranched alkanes of at least 4 members (excludes halogenated alkanes) is 8. The smallest absolute Gasteiger partial charge is 0.131 e. The Labute approximate surface area is 128 Å². The van der Waals surface area contributed by atoms with E-state index < -0.39 is 0 Å². The summed E-state index contributed by atoms with van der Waals surface area (Å²) >= 11 is 1.77. The lowest BCUT2D eigenvalue weighted by Crippen LogP contribution is -2.11. The van der Waals surface area contributed by atoms with Crippen molar-refractivity contribution in [2.75, 3.05) is 6.54 Å². The van der Waals surface area contributed by atoms with E-state index in [9.17, 15) is 0 Å². The maximum Gasteiger partial charge on any atom is 0.131 e. The van der Waals surface area contributed by atoms with Crippen LogP contribution < -0.4 is 5.32 Å². The highest BCUT2D eigenvalue weighted by Gasteiger charge is 2.03. The standard InChI is InChI=1S/C16H31N3S/c1-3-5-6-7-8-9-10-11-12-13-15-18-19-16(20-15)14-17-4-2/h17H,3-14H2,1-2H3. The zero-order valence-electron chi connectivity index (χ0n) is 13.3. The molecule has 20 heavy (non-hydrogen) atoms. The predicted molar refractivity (Wildman–Crippen MR) is 88.2 cm³/mol. The Hall–Kier alpha value is -0.480. The highest BCUT2D eigenvalue weighted by Crippen LogP contribution is 2.14. The third-order valence-electron chi connectivity index (χ3n) is 3.53. The van der Waals surface area contributed by atoms with Gasteiger partial charge in [0.2, 0.25) is 0 Å². The van der Waals surface area contributed by atoms with Gasteiger partial charge in [0.1, 0.15) is 10.0 Å². The lowest BCUT2D eigenvalue weighted by Gasteiger charge is -2.00. The first-order chi connectivity index (χ1) is 9.86. The van der Waals surface area contributed by atoms with Gasteiger partial charge in [-0.2, -0.15) is 0 Å². The van der Waals surface area contributed by atoms with Gasteiger partial charge in [0.25, 0.3) is 0 Å². The van der Waals surface area contributed by atoms with Crippen molar-refractivity contribution in [2.45, 2.75) is 84.6 Å². The summed E-state index contributed by atoms with van der Waals surface area (Å²) in [5.74, 6) is 0. The summed E-state index contributed by atoms with van der Waals surface area (Å²) in [6.45, 7) is 6.25. The Morgan fingerprint density at radius 3 is 2.05 bits per heavy atom. The molecular formula is C16H31N3S. The Morgan fingerprint density at radius 1 is 0.800 bits per heavy atom. The van der Waals surface area contributed by atoms with Crippen molar-refractivity contribution in [3.05, 3.63) is 10.0 Å². The third-order valence-corrected chi connectivity index (χ3v) is 4.51. The van der Waals surface area contributed by atoms with E-state index in [4.69, 9.17) is 0 Å². The van der Waals surface area contributed by atoms with E-state index in [-0.39, 0.29) is 0 Å². The molecule has 0 fully saturated rings. The van der Waals surface area contributed by atoms with Gasteiger partial charge >= 0.3 is 0 Å². The Bertz CT molecular complexity index is 325. The summed E-state index contributed by atoms with van der Waals surface area (Å²) in [7, 11) is 0. The molecule has 0 saturated carbocycles. The van der Waals surface area contributed by atoms with Crippen LogP contribution in [0.4, 0.5) is 0 Å². The van der Waals surface area contributed by atoms with E-state index in [2.05, 4.69) is 29.4 Å². The summed E-state index contributed by atoms with van der Waals surface area (Å²) < 4.78 is 0. The summed E-state index contributed by atoms with van der Waals surface area (Å²) in [5.41, 5.74) is 0. The van der Waals surface area contributed by atoms with Gasteiger partial charge in [-0.1, -0.05) is 65.2 Å². The van der Waals surface area contributed by atoms with Gasteiger partial charge in [0, 0.05) is 13.0 Å². The van der Waals surface area contributed by atoms with E-state index in [0.717, 1.165) is 24.5 Å². The SMILES string of the molecule is CCCCCCCCCCCc1nnc(CNCC)s1. The Balaban J connectivity index is 1.94. The zero-order chi connectivity index (χ0) is 14.5. The van der Waals surface area contributed by atoms with E-state index in [1.165, 1.54) is 62.8 Å². The molecule has 0 bridgehead atoms. The largest absolute Gasteiger partial charge is 0.311 e. The monoisotopic (exact) mass is 297 g/mol. The summed E-state index contributed by atoms with van der Waals surface area (Å²) in [6, 6.07) is 0. The van der Waals surface area contributed by atoms with Crippen LogP contribution in [0.3, 0.4) is 0 Å². The fraction of sp³-hybridized carbons (Fsp3) is 0.875. The molecule has 0 unspecified atom stereocenters.